The van der Waals surface area contributed by atoms with Gasteiger partial charge in [-0.2, -0.15) is 0 Å². The van der Waals surface area contributed by atoms with Crippen LogP contribution < -0.4 is 5.32 Å². The molecule has 2 aliphatic heterocycles. The molecule has 1 saturated carbocycles. The highest BCUT2D eigenvalue weighted by molar-refractivity contribution is 6.07. The van der Waals surface area contributed by atoms with Crippen molar-refractivity contribution in [1.29, 1.82) is 0 Å². The van der Waals surface area contributed by atoms with E-state index in [2.05, 4.69) is 5.32 Å². The number of allylic oxidation sites excluding steroid dienone is 1. The topological polar surface area (TPSA) is 149 Å². The van der Waals surface area contributed by atoms with Gasteiger partial charge < -0.3 is 24.4 Å². The summed E-state index contributed by atoms with van der Waals surface area (Å²) >= 11 is 0. The molecule has 0 radical (unpaired) electrons. The van der Waals surface area contributed by atoms with Gasteiger partial charge in [-0.1, -0.05) is 25.0 Å². The summed E-state index contributed by atoms with van der Waals surface area (Å²) in [6.45, 7) is 11.3. The molecule has 0 aromatic carbocycles. The number of ketones is 1. The van der Waals surface area contributed by atoms with Gasteiger partial charge in [0, 0.05) is 12.3 Å². The summed E-state index contributed by atoms with van der Waals surface area (Å²) in [5.41, 5.74) is -3.48. The Morgan fingerprint density at radius 3 is 2.26 bits per heavy atom. The summed E-state index contributed by atoms with van der Waals surface area (Å²) in [6.07, 6.45) is 4.73. The van der Waals surface area contributed by atoms with Crippen LogP contribution in [0.1, 0.15) is 93.4 Å². The van der Waals surface area contributed by atoms with Crippen LogP contribution in [0.2, 0.25) is 0 Å². The van der Waals surface area contributed by atoms with Crippen LogP contribution in [0, 0.1) is 5.92 Å². The lowest BCUT2D eigenvalue weighted by Gasteiger charge is -2.35. The Bertz CT molecular complexity index is 1120. The Balaban J connectivity index is 2.06. The number of nitrogens with zero attached hydrogens (tertiary/aromatic N) is 2. The fraction of sp³-hybridized carbons (Fsp3) is 0.733. The van der Waals surface area contributed by atoms with Crippen molar-refractivity contribution >= 4 is 35.8 Å². The van der Waals surface area contributed by atoms with Gasteiger partial charge in [0.25, 0.3) is 5.91 Å². The number of ether oxygens (including phenoxy) is 3. The largest absolute Gasteiger partial charge is 0.464 e. The van der Waals surface area contributed by atoms with Gasteiger partial charge in [-0.25, -0.2) is 19.3 Å². The molecule has 0 aromatic rings. The third kappa shape index (κ3) is 7.89. The van der Waals surface area contributed by atoms with Gasteiger partial charge in [0.2, 0.25) is 5.91 Å². The van der Waals surface area contributed by atoms with Crippen molar-refractivity contribution in [1.82, 2.24) is 15.1 Å². The van der Waals surface area contributed by atoms with Gasteiger partial charge in [-0.15, -0.1) is 0 Å². The van der Waals surface area contributed by atoms with Crippen molar-refractivity contribution < 1.29 is 43.0 Å². The van der Waals surface area contributed by atoms with Crippen LogP contribution in [-0.4, -0.2) is 87.5 Å². The SMILES string of the molecule is CCOC(=O)[C@@]12C[C@H]1/C=C\CCCCC[C@H](NC(=O)OC(C)(C)C)C(=O)N1CC(=O)C[C@H]1C(=O)N2C(=O)OC(C)(C)C. The maximum Gasteiger partial charge on any atom is 0.418 e. The molecular formula is C30H45N3O9. The normalized spacial score (nSPS) is 28.1. The number of carbonyl (C=O) groups excluding carboxylic acids is 6. The van der Waals surface area contributed by atoms with Gasteiger partial charge in [-0.05, 0) is 74.1 Å². The molecule has 1 aliphatic carbocycles. The lowest BCUT2D eigenvalue weighted by Crippen LogP contribution is -2.60. The molecule has 2 heterocycles. The molecule has 0 unspecified atom stereocenters. The molecule has 3 aliphatic rings. The van der Waals surface area contributed by atoms with E-state index in [-0.39, 0.29) is 38.2 Å². The van der Waals surface area contributed by atoms with Crippen LogP contribution in [0.25, 0.3) is 0 Å². The number of alkyl carbamates (subject to hydrolysis) is 1. The zero-order valence-electron chi connectivity index (χ0n) is 25.8. The second-order valence-corrected chi connectivity index (χ2v) is 13.1. The van der Waals surface area contributed by atoms with E-state index in [0.717, 1.165) is 22.6 Å². The number of carbonyl (C=O) groups is 6. The maximum atomic E-state index is 14.3. The summed E-state index contributed by atoms with van der Waals surface area (Å²) < 4.78 is 16.3. The van der Waals surface area contributed by atoms with Gasteiger partial charge in [0.1, 0.15) is 23.3 Å². The third-order valence-corrected chi connectivity index (χ3v) is 7.24. The average molecular weight is 592 g/mol. The molecule has 42 heavy (non-hydrogen) atoms. The Kier molecular flexibility index (Phi) is 10.1. The van der Waals surface area contributed by atoms with Crippen LogP contribution >= 0.6 is 0 Å². The van der Waals surface area contributed by atoms with Gasteiger partial charge in [-0.3, -0.25) is 14.4 Å². The van der Waals surface area contributed by atoms with Gasteiger partial charge in [0.05, 0.1) is 13.2 Å². The van der Waals surface area contributed by atoms with E-state index < -0.39 is 64.7 Å². The fourth-order valence-corrected chi connectivity index (χ4v) is 5.35. The highest BCUT2D eigenvalue weighted by atomic mass is 16.6. The molecule has 0 bridgehead atoms. The number of nitrogens with one attached hydrogen (secondary N) is 1. The molecule has 2 fully saturated rings. The summed E-state index contributed by atoms with van der Waals surface area (Å²) in [4.78, 5) is 82.5. The van der Waals surface area contributed by atoms with Crippen LogP contribution in [0.5, 0.6) is 0 Å². The van der Waals surface area contributed by atoms with Crippen molar-refractivity contribution in [2.75, 3.05) is 13.2 Å². The zero-order chi connectivity index (χ0) is 31.5. The molecule has 4 amide bonds. The highest BCUT2D eigenvalue weighted by Crippen LogP contribution is 2.52. The molecule has 234 valence electrons. The third-order valence-electron chi connectivity index (χ3n) is 7.24. The van der Waals surface area contributed by atoms with E-state index in [4.69, 9.17) is 14.2 Å². The summed E-state index contributed by atoms with van der Waals surface area (Å²) in [5, 5.41) is 2.62. The second kappa shape index (κ2) is 12.8. The first kappa shape index (κ1) is 33.1. The minimum Gasteiger partial charge on any atom is -0.464 e. The first-order valence-electron chi connectivity index (χ1n) is 14.7. The number of fused-ring (bicyclic) bond motifs is 2. The molecular weight excluding hydrogens is 546 g/mol. The smallest absolute Gasteiger partial charge is 0.418 e. The maximum absolute atomic E-state index is 14.3. The quantitative estimate of drug-likeness (QED) is 0.295. The number of Topliss-reactive ketones (excluding diaryl/α,β-unsaturated/α-hetero) is 1. The molecule has 4 atom stereocenters. The monoisotopic (exact) mass is 591 g/mol. The van der Waals surface area contributed by atoms with Crippen molar-refractivity contribution in [3.8, 4) is 0 Å². The number of hydrogen-bond donors (Lipinski definition) is 1. The average Bonchev–Trinajstić information content (AvgIpc) is 3.42. The predicted octanol–water partition coefficient (Wildman–Crippen LogP) is 3.66. The molecule has 12 heteroatoms. The van der Waals surface area contributed by atoms with Crippen LogP contribution in [0.4, 0.5) is 9.59 Å². The Morgan fingerprint density at radius 2 is 1.64 bits per heavy atom. The number of amides is 4. The molecule has 1 N–H and O–H groups in total. The number of imide groups is 1. The molecule has 12 nitrogen and oxygen atoms in total. The van der Waals surface area contributed by atoms with E-state index in [1.165, 1.54) is 0 Å². The van der Waals surface area contributed by atoms with E-state index in [0.29, 0.717) is 12.8 Å². The van der Waals surface area contributed by atoms with Crippen molar-refractivity contribution in [3.63, 3.8) is 0 Å². The molecule has 3 rings (SSSR count). The van der Waals surface area contributed by atoms with Crippen LogP contribution in [0.3, 0.4) is 0 Å². The summed E-state index contributed by atoms with van der Waals surface area (Å²) in [5.74, 6) is -3.20. The van der Waals surface area contributed by atoms with E-state index >= 15 is 0 Å². The minimum absolute atomic E-state index is 0.0257. The lowest BCUT2D eigenvalue weighted by atomic mass is 10.0. The van der Waals surface area contributed by atoms with Gasteiger partial charge >= 0.3 is 18.2 Å². The Labute approximate surface area is 247 Å². The first-order valence-corrected chi connectivity index (χ1v) is 14.7. The Hall–Kier alpha value is -3.44. The highest BCUT2D eigenvalue weighted by Gasteiger charge is 2.69. The Morgan fingerprint density at radius 1 is 0.976 bits per heavy atom. The van der Waals surface area contributed by atoms with Crippen molar-refractivity contribution in [2.24, 2.45) is 5.92 Å². The minimum atomic E-state index is -1.67. The van der Waals surface area contributed by atoms with Gasteiger partial charge in [0.15, 0.2) is 11.3 Å². The summed E-state index contributed by atoms with van der Waals surface area (Å²) in [7, 11) is 0. The molecule has 1 saturated heterocycles. The van der Waals surface area contributed by atoms with Crippen LogP contribution in [-0.2, 0) is 33.4 Å². The number of hydrogen-bond acceptors (Lipinski definition) is 9. The van der Waals surface area contributed by atoms with Crippen molar-refractivity contribution in [2.45, 2.75) is 122 Å². The zero-order valence-corrected chi connectivity index (χ0v) is 25.8. The van der Waals surface area contributed by atoms with Crippen molar-refractivity contribution in [3.05, 3.63) is 12.2 Å². The number of rotatable bonds is 3. The summed E-state index contributed by atoms with van der Waals surface area (Å²) in [6, 6.07) is -2.44. The molecule has 0 aromatic heterocycles. The lowest BCUT2D eigenvalue weighted by molar-refractivity contribution is -0.159. The fourth-order valence-electron chi connectivity index (χ4n) is 5.35. The van der Waals surface area contributed by atoms with Crippen LogP contribution in [0.15, 0.2) is 12.2 Å². The predicted molar refractivity (Wildman–Crippen MR) is 151 cm³/mol. The molecule has 0 spiro atoms. The first-order chi connectivity index (χ1) is 19.5. The standard InChI is InChI=1S/C30H45N3O9/c1-8-40-25(37)30-17-19(30)14-12-10-9-11-13-15-21(31-26(38)41-28(2,3)4)23(35)32-18-20(34)16-22(32)24(36)33(30)27(39)42-29(5,6)7/h12,14,19,21-22H,8-11,13,15-18H2,1-7H3,(H,31,38)/b14-12-/t19-,21+,22+,30-/m1/s1. The second-order valence-electron chi connectivity index (χ2n) is 13.1. The van der Waals surface area contributed by atoms with E-state index in [1.807, 2.05) is 12.2 Å². The van der Waals surface area contributed by atoms with E-state index in [9.17, 15) is 28.8 Å². The van der Waals surface area contributed by atoms with E-state index in [1.54, 1.807) is 48.5 Å². The number of esters is 1.